The lowest BCUT2D eigenvalue weighted by molar-refractivity contribution is -0.170. The van der Waals surface area contributed by atoms with E-state index in [4.69, 9.17) is 4.74 Å². The molecule has 0 bridgehead atoms. The quantitative estimate of drug-likeness (QED) is 0.506. The lowest BCUT2D eigenvalue weighted by Crippen LogP contribution is -2.30. The van der Waals surface area contributed by atoms with E-state index in [1.807, 2.05) is 0 Å². The van der Waals surface area contributed by atoms with E-state index in [9.17, 15) is 18.4 Å². The Morgan fingerprint density at radius 3 is 2.05 bits per heavy atom. The van der Waals surface area contributed by atoms with Crippen molar-refractivity contribution >= 4 is 12.1 Å². The lowest BCUT2D eigenvalue weighted by Gasteiger charge is -2.13. The van der Waals surface area contributed by atoms with Crippen LogP contribution in [-0.2, 0) is 23.7 Å². The molecule has 0 radical (unpaired) electrons. The molecule has 0 aromatic rings. The second-order valence-electron chi connectivity index (χ2n) is 3.37. The number of esters is 1. The van der Waals surface area contributed by atoms with E-state index in [2.05, 4.69) is 14.2 Å². The summed E-state index contributed by atoms with van der Waals surface area (Å²) in [7, 11) is 0. The van der Waals surface area contributed by atoms with E-state index in [1.54, 1.807) is 13.8 Å². The Kier molecular flexibility index (Phi) is 8.26. The summed E-state index contributed by atoms with van der Waals surface area (Å²) in [5.74, 6) is -5.82. The van der Waals surface area contributed by atoms with Crippen molar-refractivity contribution in [2.45, 2.75) is 33.1 Å². The maximum atomic E-state index is 13.3. The maximum Gasteiger partial charge on any atom is 0.516 e. The second-order valence-corrected chi connectivity index (χ2v) is 3.37. The zero-order valence-electron chi connectivity index (χ0n) is 11.6. The van der Waals surface area contributed by atoms with E-state index < -0.39 is 30.4 Å². The van der Waals surface area contributed by atoms with Gasteiger partial charge in [0.25, 0.3) is 5.95 Å². The summed E-state index contributed by atoms with van der Waals surface area (Å²) in [6.45, 7) is 4.55. The molecule has 0 saturated heterocycles. The fourth-order valence-electron chi connectivity index (χ4n) is 1.03. The minimum Gasteiger partial charge on any atom is -0.466 e. The van der Waals surface area contributed by atoms with Crippen molar-refractivity contribution in [2.24, 2.45) is 0 Å². The van der Waals surface area contributed by atoms with Gasteiger partial charge in [-0.05, 0) is 20.8 Å². The number of ether oxygens (including phenoxy) is 4. The monoisotopic (exact) mass is 296 g/mol. The van der Waals surface area contributed by atoms with E-state index in [1.165, 1.54) is 6.92 Å². The number of carbonyl (C=O) groups excluding carboxylic acids is 2. The predicted octanol–water partition coefficient (Wildman–Crippen LogP) is 2.63. The molecule has 0 aliphatic carbocycles. The third-order valence-electron chi connectivity index (χ3n) is 1.83. The van der Waals surface area contributed by atoms with Gasteiger partial charge in [-0.1, -0.05) is 0 Å². The van der Waals surface area contributed by atoms with E-state index >= 15 is 0 Å². The number of hydrogen-bond acceptors (Lipinski definition) is 6. The third-order valence-corrected chi connectivity index (χ3v) is 1.83. The minimum absolute atomic E-state index is 0.0667. The van der Waals surface area contributed by atoms with Crippen LogP contribution in [0.3, 0.4) is 0 Å². The number of rotatable bonds is 8. The maximum absolute atomic E-state index is 13.3. The minimum atomic E-state index is -3.73. The van der Waals surface area contributed by atoms with Gasteiger partial charge in [-0.2, -0.15) is 8.78 Å². The van der Waals surface area contributed by atoms with Gasteiger partial charge in [-0.3, -0.25) is 0 Å². The summed E-state index contributed by atoms with van der Waals surface area (Å²) in [6, 6.07) is 0. The number of hydrogen-bond donors (Lipinski definition) is 0. The molecule has 0 aromatic carbocycles. The standard InChI is InChI=1S/C12H18F2O6/c1-4-17-9(20-11(16)19-6-3)7-8-12(13,14)10(15)18-5-2/h7H,4-6,8H2,1-3H3/b9-7+. The number of carbonyl (C=O) groups is 2. The van der Waals surface area contributed by atoms with Gasteiger partial charge in [0, 0.05) is 12.5 Å². The van der Waals surface area contributed by atoms with Crippen LogP contribution in [0.2, 0.25) is 0 Å². The zero-order valence-corrected chi connectivity index (χ0v) is 11.6. The van der Waals surface area contributed by atoms with Gasteiger partial charge in [0.15, 0.2) is 0 Å². The molecule has 0 heterocycles. The highest BCUT2D eigenvalue weighted by Gasteiger charge is 2.39. The number of halogens is 2. The molecule has 6 nitrogen and oxygen atoms in total. The highest BCUT2D eigenvalue weighted by atomic mass is 19.3. The smallest absolute Gasteiger partial charge is 0.466 e. The topological polar surface area (TPSA) is 71.1 Å². The van der Waals surface area contributed by atoms with E-state index in [0.29, 0.717) is 0 Å². The summed E-state index contributed by atoms with van der Waals surface area (Å²) in [4.78, 5) is 22.0. The van der Waals surface area contributed by atoms with Crippen LogP contribution in [0.25, 0.3) is 0 Å². The normalized spacial score (nSPS) is 11.8. The summed E-state index contributed by atoms with van der Waals surface area (Å²) < 4.78 is 44.8. The lowest BCUT2D eigenvalue weighted by atomic mass is 10.2. The van der Waals surface area contributed by atoms with Crippen LogP contribution >= 0.6 is 0 Å². The molecule has 8 heteroatoms. The summed E-state index contributed by atoms with van der Waals surface area (Å²) in [5, 5.41) is 0. The first-order valence-corrected chi connectivity index (χ1v) is 6.09. The van der Waals surface area contributed by atoms with Crippen molar-refractivity contribution in [3.63, 3.8) is 0 Å². The Labute approximate surface area is 115 Å². The Balaban J connectivity index is 4.67. The Hall–Kier alpha value is -1.86. The largest absolute Gasteiger partial charge is 0.516 e. The molecule has 0 aliphatic heterocycles. The molecule has 0 amide bonds. The average Bonchev–Trinajstić information content (AvgIpc) is 2.37. The van der Waals surface area contributed by atoms with Crippen molar-refractivity contribution in [3.8, 4) is 0 Å². The van der Waals surface area contributed by atoms with Crippen molar-refractivity contribution in [1.29, 1.82) is 0 Å². The van der Waals surface area contributed by atoms with Crippen LogP contribution in [0.4, 0.5) is 13.6 Å². The van der Waals surface area contributed by atoms with Gasteiger partial charge in [0.2, 0.25) is 0 Å². The Morgan fingerprint density at radius 2 is 1.55 bits per heavy atom. The van der Waals surface area contributed by atoms with E-state index in [-0.39, 0.29) is 19.8 Å². The first-order chi connectivity index (χ1) is 9.37. The Morgan fingerprint density at radius 1 is 1.00 bits per heavy atom. The van der Waals surface area contributed by atoms with Crippen LogP contribution in [0.15, 0.2) is 12.0 Å². The first kappa shape index (κ1) is 18.1. The molecule has 0 aromatic heterocycles. The SMILES string of the molecule is CCOC(=O)O/C(=C/CC(F)(F)C(=O)OCC)OCC. The zero-order chi connectivity index (χ0) is 15.6. The molecule has 0 atom stereocenters. The molecule has 0 fully saturated rings. The summed E-state index contributed by atoms with van der Waals surface area (Å²) >= 11 is 0. The van der Waals surface area contributed by atoms with Gasteiger partial charge in [0.1, 0.15) is 0 Å². The van der Waals surface area contributed by atoms with Crippen LogP contribution in [0.5, 0.6) is 0 Å². The molecule has 20 heavy (non-hydrogen) atoms. The van der Waals surface area contributed by atoms with Gasteiger partial charge < -0.3 is 18.9 Å². The number of alkyl halides is 2. The van der Waals surface area contributed by atoms with Crippen LogP contribution in [0.1, 0.15) is 27.2 Å². The van der Waals surface area contributed by atoms with E-state index in [0.717, 1.165) is 6.08 Å². The van der Waals surface area contributed by atoms with Crippen LogP contribution < -0.4 is 0 Å². The fourth-order valence-corrected chi connectivity index (χ4v) is 1.03. The molecule has 0 spiro atoms. The summed E-state index contributed by atoms with van der Waals surface area (Å²) in [5.41, 5.74) is 0. The third kappa shape index (κ3) is 6.91. The van der Waals surface area contributed by atoms with Gasteiger partial charge in [0.05, 0.1) is 19.8 Å². The molecular formula is C12H18F2O6. The molecule has 0 rings (SSSR count). The molecule has 0 aliphatic rings. The van der Waals surface area contributed by atoms with Crippen molar-refractivity contribution in [3.05, 3.63) is 12.0 Å². The highest BCUT2D eigenvalue weighted by molar-refractivity contribution is 5.77. The molecule has 0 unspecified atom stereocenters. The van der Waals surface area contributed by atoms with Crippen LogP contribution in [0, 0.1) is 0 Å². The van der Waals surface area contributed by atoms with Crippen molar-refractivity contribution in [1.82, 2.24) is 0 Å². The number of allylic oxidation sites excluding steroid dienone is 1. The highest BCUT2D eigenvalue weighted by Crippen LogP contribution is 2.22. The fraction of sp³-hybridized carbons (Fsp3) is 0.667. The Bertz CT molecular complexity index is 354. The van der Waals surface area contributed by atoms with Gasteiger partial charge >= 0.3 is 18.0 Å². The molecule has 0 saturated carbocycles. The van der Waals surface area contributed by atoms with Crippen molar-refractivity contribution in [2.75, 3.05) is 19.8 Å². The average molecular weight is 296 g/mol. The first-order valence-electron chi connectivity index (χ1n) is 6.09. The van der Waals surface area contributed by atoms with Gasteiger partial charge in [-0.25, -0.2) is 9.59 Å². The molecular weight excluding hydrogens is 278 g/mol. The predicted molar refractivity (Wildman–Crippen MR) is 64.0 cm³/mol. The second kappa shape index (κ2) is 9.11. The van der Waals surface area contributed by atoms with Gasteiger partial charge in [-0.15, -0.1) is 0 Å². The van der Waals surface area contributed by atoms with Crippen LogP contribution in [-0.4, -0.2) is 37.9 Å². The van der Waals surface area contributed by atoms with Crippen molar-refractivity contribution < 1.29 is 37.3 Å². The molecule has 0 N–H and O–H groups in total. The summed E-state index contributed by atoms with van der Waals surface area (Å²) in [6.07, 6.45) is -1.30. The molecule has 116 valence electrons.